The molecule has 1 heterocycles. The summed E-state index contributed by atoms with van der Waals surface area (Å²) in [5, 5.41) is 0.445. The van der Waals surface area contributed by atoms with E-state index in [1.54, 1.807) is 32.4 Å². The van der Waals surface area contributed by atoms with Gasteiger partial charge in [-0.1, -0.05) is 23.7 Å². The van der Waals surface area contributed by atoms with Crippen LogP contribution in [0.3, 0.4) is 0 Å². The van der Waals surface area contributed by atoms with Gasteiger partial charge in [-0.2, -0.15) is 0 Å². The predicted octanol–water partition coefficient (Wildman–Crippen LogP) is 4.69. The first-order valence-electron chi connectivity index (χ1n) is 9.64. The fourth-order valence-electron chi connectivity index (χ4n) is 3.24. The standard InChI is InChI=1S/C23H20ClN3O4S/c1-30-17-9-12-22(31-2)15(13-17)14-21-23(26-20-6-4-3-5-19(20)25-21)27-32(28,29)18-10-7-16(24)8-11-18/h3-13H,14H2,1-2H3,(H,26,27). The second kappa shape index (κ2) is 9.02. The maximum atomic E-state index is 13.0. The number of fused-ring (bicyclic) bond motifs is 1. The second-order valence-electron chi connectivity index (χ2n) is 6.92. The third-order valence-corrected chi connectivity index (χ3v) is 6.45. The summed E-state index contributed by atoms with van der Waals surface area (Å²) in [6, 6.07) is 18.6. The first-order valence-corrected chi connectivity index (χ1v) is 11.5. The van der Waals surface area contributed by atoms with Crippen molar-refractivity contribution in [3.8, 4) is 11.5 Å². The molecular formula is C23H20ClN3O4S. The lowest BCUT2D eigenvalue weighted by atomic mass is 10.1. The Morgan fingerprint density at radius 3 is 2.25 bits per heavy atom. The van der Waals surface area contributed by atoms with E-state index in [0.29, 0.717) is 33.2 Å². The lowest BCUT2D eigenvalue weighted by Crippen LogP contribution is -2.16. The van der Waals surface area contributed by atoms with Crippen molar-refractivity contribution in [2.24, 2.45) is 0 Å². The van der Waals surface area contributed by atoms with Gasteiger partial charge >= 0.3 is 0 Å². The molecule has 32 heavy (non-hydrogen) atoms. The van der Waals surface area contributed by atoms with E-state index in [0.717, 1.165) is 5.56 Å². The van der Waals surface area contributed by atoms with Gasteiger partial charge in [0, 0.05) is 17.0 Å². The van der Waals surface area contributed by atoms with Crippen molar-refractivity contribution >= 4 is 38.5 Å². The van der Waals surface area contributed by atoms with E-state index in [1.165, 1.54) is 24.3 Å². The molecule has 4 aromatic rings. The van der Waals surface area contributed by atoms with E-state index in [9.17, 15) is 8.42 Å². The van der Waals surface area contributed by atoms with Crippen LogP contribution in [-0.2, 0) is 16.4 Å². The summed E-state index contributed by atoms with van der Waals surface area (Å²) in [4.78, 5) is 9.30. The molecule has 4 rings (SSSR count). The van der Waals surface area contributed by atoms with Gasteiger partial charge in [-0.05, 0) is 54.6 Å². The Hall–Kier alpha value is -3.36. The first kappa shape index (κ1) is 21.9. The van der Waals surface area contributed by atoms with Crippen LogP contribution in [-0.4, -0.2) is 32.6 Å². The summed E-state index contributed by atoms with van der Waals surface area (Å²) in [5.41, 5.74) is 2.46. The predicted molar refractivity (Wildman–Crippen MR) is 124 cm³/mol. The minimum atomic E-state index is -3.91. The molecule has 0 spiro atoms. The molecule has 0 atom stereocenters. The Kier molecular flexibility index (Phi) is 6.16. The quantitative estimate of drug-likeness (QED) is 0.422. The maximum Gasteiger partial charge on any atom is 0.263 e. The van der Waals surface area contributed by atoms with Gasteiger partial charge in [-0.25, -0.2) is 18.4 Å². The number of aromatic nitrogens is 2. The normalized spacial score (nSPS) is 11.3. The van der Waals surface area contributed by atoms with Crippen LogP contribution in [0.4, 0.5) is 5.82 Å². The summed E-state index contributed by atoms with van der Waals surface area (Å²) in [6.45, 7) is 0. The SMILES string of the molecule is COc1ccc(OC)c(Cc2nc3ccccc3nc2NS(=O)(=O)c2ccc(Cl)cc2)c1. The van der Waals surface area contributed by atoms with E-state index in [1.807, 2.05) is 24.3 Å². The smallest absolute Gasteiger partial charge is 0.263 e. The third-order valence-electron chi connectivity index (χ3n) is 4.84. The van der Waals surface area contributed by atoms with E-state index in [-0.39, 0.29) is 17.1 Å². The number of anilines is 1. The average molecular weight is 470 g/mol. The van der Waals surface area contributed by atoms with E-state index >= 15 is 0 Å². The van der Waals surface area contributed by atoms with Gasteiger partial charge in [0.25, 0.3) is 10.0 Å². The Morgan fingerprint density at radius 2 is 1.59 bits per heavy atom. The molecule has 1 aromatic heterocycles. The topological polar surface area (TPSA) is 90.4 Å². The number of rotatable bonds is 7. The fourth-order valence-corrected chi connectivity index (χ4v) is 4.40. The molecule has 164 valence electrons. The molecular weight excluding hydrogens is 450 g/mol. The zero-order chi connectivity index (χ0) is 22.7. The van der Waals surface area contributed by atoms with Gasteiger partial charge in [-0.3, -0.25) is 4.72 Å². The van der Waals surface area contributed by atoms with Crippen LogP contribution in [0.5, 0.6) is 11.5 Å². The molecule has 9 heteroatoms. The largest absolute Gasteiger partial charge is 0.497 e. The molecule has 0 aliphatic rings. The Labute approximate surface area is 191 Å². The summed E-state index contributed by atoms with van der Waals surface area (Å²) in [6.07, 6.45) is 0.274. The lowest BCUT2D eigenvalue weighted by Gasteiger charge is -2.15. The Morgan fingerprint density at radius 1 is 0.906 bits per heavy atom. The minimum absolute atomic E-state index is 0.0711. The second-order valence-corrected chi connectivity index (χ2v) is 9.04. The maximum absolute atomic E-state index is 13.0. The number of hydrogen-bond acceptors (Lipinski definition) is 6. The highest BCUT2D eigenvalue weighted by atomic mass is 35.5. The van der Waals surface area contributed by atoms with Crippen LogP contribution in [0.25, 0.3) is 11.0 Å². The van der Waals surface area contributed by atoms with E-state index in [2.05, 4.69) is 14.7 Å². The van der Waals surface area contributed by atoms with Gasteiger partial charge in [0.05, 0.1) is 35.8 Å². The van der Waals surface area contributed by atoms with Crippen molar-refractivity contribution in [2.45, 2.75) is 11.3 Å². The molecule has 0 bridgehead atoms. The number of halogens is 1. The summed E-state index contributed by atoms with van der Waals surface area (Å²) in [5.74, 6) is 1.42. The number of methoxy groups -OCH3 is 2. The van der Waals surface area contributed by atoms with Crippen LogP contribution in [0, 0.1) is 0 Å². The minimum Gasteiger partial charge on any atom is -0.497 e. The van der Waals surface area contributed by atoms with Gasteiger partial charge in [0.2, 0.25) is 0 Å². The zero-order valence-corrected chi connectivity index (χ0v) is 18.9. The van der Waals surface area contributed by atoms with Crippen LogP contribution in [0.1, 0.15) is 11.3 Å². The summed E-state index contributed by atoms with van der Waals surface area (Å²) in [7, 11) is -0.762. The molecule has 0 aliphatic heterocycles. The number of benzene rings is 3. The van der Waals surface area contributed by atoms with Gasteiger partial charge in [-0.15, -0.1) is 0 Å². The van der Waals surface area contributed by atoms with Gasteiger partial charge < -0.3 is 9.47 Å². The van der Waals surface area contributed by atoms with Crippen LogP contribution in [0.15, 0.2) is 71.6 Å². The highest BCUT2D eigenvalue weighted by Gasteiger charge is 2.20. The van der Waals surface area contributed by atoms with Crippen molar-refractivity contribution < 1.29 is 17.9 Å². The van der Waals surface area contributed by atoms with E-state index in [4.69, 9.17) is 21.1 Å². The zero-order valence-electron chi connectivity index (χ0n) is 17.4. The van der Waals surface area contributed by atoms with E-state index < -0.39 is 10.0 Å². The molecule has 0 saturated heterocycles. The van der Waals surface area contributed by atoms with Crippen molar-refractivity contribution in [3.63, 3.8) is 0 Å². The van der Waals surface area contributed by atoms with Crippen molar-refractivity contribution in [1.82, 2.24) is 9.97 Å². The number of ether oxygens (including phenoxy) is 2. The summed E-state index contributed by atoms with van der Waals surface area (Å²) < 4.78 is 39.4. The Balaban J connectivity index is 1.80. The fraction of sp³-hybridized carbons (Fsp3) is 0.130. The molecule has 0 radical (unpaired) electrons. The number of nitrogens with one attached hydrogen (secondary N) is 1. The molecule has 7 nitrogen and oxygen atoms in total. The highest BCUT2D eigenvalue weighted by molar-refractivity contribution is 7.92. The number of para-hydroxylation sites is 2. The molecule has 0 aliphatic carbocycles. The van der Waals surface area contributed by atoms with Crippen LogP contribution in [0.2, 0.25) is 5.02 Å². The monoisotopic (exact) mass is 469 g/mol. The number of hydrogen-bond donors (Lipinski definition) is 1. The number of sulfonamides is 1. The molecule has 0 saturated carbocycles. The average Bonchev–Trinajstić information content (AvgIpc) is 2.79. The van der Waals surface area contributed by atoms with Gasteiger partial charge in [0.15, 0.2) is 5.82 Å². The van der Waals surface area contributed by atoms with Crippen molar-refractivity contribution in [1.29, 1.82) is 0 Å². The molecule has 1 N–H and O–H groups in total. The number of nitrogens with zero attached hydrogens (tertiary/aromatic N) is 2. The molecule has 0 unspecified atom stereocenters. The summed E-state index contributed by atoms with van der Waals surface area (Å²) >= 11 is 5.90. The van der Waals surface area contributed by atoms with Gasteiger partial charge in [0.1, 0.15) is 11.5 Å². The van der Waals surface area contributed by atoms with Crippen molar-refractivity contribution in [3.05, 3.63) is 83.0 Å². The van der Waals surface area contributed by atoms with Crippen LogP contribution >= 0.6 is 11.6 Å². The third kappa shape index (κ3) is 4.61. The van der Waals surface area contributed by atoms with Crippen molar-refractivity contribution in [2.75, 3.05) is 18.9 Å². The Bertz CT molecular complexity index is 1380. The molecule has 3 aromatic carbocycles. The first-order chi connectivity index (χ1) is 15.4. The molecule has 0 fully saturated rings. The van der Waals surface area contributed by atoms with Crippen LogP contribution < -0.4 is 14.2 Å². The molecule has 0 amide bonds. The lowest BCUT2D eigenvalue weighted by molar-refractivity contribution is 0.399. The highest BCUT2D eigenvalue weighted by Crippen LogP contribution is 2.29.